The van der Waals surface area contributed by atoms with Crippen LogP contribution in [0, 0.1) is 0 Å². The number of rotatable bonds is 4. The third-order valence-corrected chi connectivity index (χ3v) is 3.14. The van der Waals surface area contributed by atoms with Gasteiger partial charge >= 0.3 is 5.97 Å². The van der Waals surface area contributed by atoms with Gasteiger partial charge in [-0.15, -0.1) is 0 Å². The van der Waals surface area contributed by atoms with Gasteiger partial charge in [-0.05, 0) is 12.1 Å². The van der Waals surface area contributed by atoms with Crippen molar-refractivity contribution in [3.63, 3.8) is 0 Å². The highest BCUT2D eigenvalue weighted by atomic mass is 16.5. The number of carboxylic acid groups (broad SMARTS) is 1. The highest BCUT2D eigenvalue weighted by Crippen LogP contribution is 2.20. The van der Waals surface area contributed by atoms with E-state index in [0.29, 0.717) is 18.1 Å². The molecule has 0 fully saturated rings. The molecule has 0 atom stereocenters. The second kappa shape index (κ2) is 4.80. The van der Waals surface area contributed by atoms with Crippen LogP contribution in [-0.2, 0) is 13.0 Å². The van der Waals surface area contributed by atoms with Crippen LogP contribution in [0.25, 0.3) is 10.9 Å². The van der Waals surface area contributed by atoms with Gasteiger partial charge in [-0.1, -0.05) is 30.3 Å². The molecular formula is C14H13N3O3. The van der Waals surface area contributed by atoms with Gasteiger partial charge in [0, 0.05) is 17.3 Å². The summed E-state index contributed by atoms with van der Waals surface area (Å²) in [5.74, 6) is 0.0550. The van der Waals surface area contributed by atoms with Crippen LogP contribution in [0.4, 0.5) is 0 Å². The van der Waals surface area contributed by atoms with Crippen LogP contribution in [0.1, 0.15) is 29.1 Å². The van der Waals surface area contributed by atoms with Gasteiger partial charge in [0.15, 0.2) is 5.82 Å². The Morgan fingerprint density at radius 1 is 1.40 bits per heavy atom. The Bertz CT molecular complexity index is 773. The van der Waals surface area contributed by atoms with Gasteiger partial charge in [-0.2, -0.15) is 4.98 Å². The third-order valence-electron chi connectivity index (χ3n) is 3.14. The first kappa shape index (κ1) is 12.4. The molecule has 102 valence electrons. The molecule has 0 saturated carbocycles. The molecule has 2 aromatic heterocycles. The molecule has 0 aliphatic carbocycles. The third kappa shape index (κ3) is 2.05. The van der Waals surface area contributed by atoms with E-state index in [1.807, 2.05) is 31.2 Å². The Kier molecular flexibility index (Phi) is 2.98. The number of hydrogen-bond donors (Lipinski definition) is 1. The van der Waals surface area contributed by atoms with Gasteiger partial charge in [0.25, 0.3) is 0 Å². The average Bonchev–Trinajstić information content (AvgIpc) is 3.04. The maximum atomic E-state index is 11.4. The van der Waals surface area contributed by atoms with Crippen LogP contribution in [0.15, 0.2) is 34.9 Å². The SMILES string of the molecule is CCc1nc(Cn2c(C(=O)O)cc3ccccc32)no1. The summed E-state index contributed by atoms with van der Waals surface area (Å²) in [5.41, 5.74) is 1.06. The lowest BCUT2D eigenvalue weighted by Gasteiger charge is -2.04. The minimum atomic E-state index is -0.972. The minimum Gasteiger partial charge on any atom is -0.477 e. The molecule has 0 saturated heterocycles. The average molecular weight is 271 g/mol. The minimum absolute atomic E-state index is 0.217. The smallest absolute Gasteiger partial charge is 0.352 e. The highest BCUT2D eigenvalue weighted by Gasteiger charge is 2.16. The van der Waals surface area contributed by atoms with Crippen LogP contribution in [-0.4, -0.2) is 25.8 Å². The number of carbonyl (C=O) groups is 1. The van der Waals surface area contributed by atoms with E-state index in [4.69, 9.17) is 4.52 Å². The number of aryl methyl sites for hydroxylation is 1. The molecule has 0 radical (unpaired) electrons. The monoisotopic (exact) mass is 271 g/mol. The maximum absolute atomic E-state index is 11.4. The van der Waals surface area contributed by atoms with Crippen molar-refractivity contribution in [3.05, 3.63) is 47.7 Å². The number of para-hydroxylation sites is 1. The molecule has 3 rings (SSSR count). The van der Waals surface area contributed by atoms with E-state index in [-0.39, 0.29) is 12.2 Å². The molecule has 0 amide bonds. The van der Waals surface area contributed by atoms with Crippen molar-refractivity contribution in [2.24, 2.45) is 0 Å². The first-order valence-electron chi connectivity index (χ1n) is 6.32. The van der Waals surface area contributed by atoms with E-state index in [9.17, 15) is 9.90 Å². The Morgan fingerprint density at radius 3 is 2.90 bits per heavy atom. The zero-order chi connectivity index (χ0) is 14.1. The van der Waals surface area contributed by atoms with E-state index in [0.717, 1.165) is 10.9 Å². The molecule has 0 unspecified atom stereocenters. The summed E-state index contributed by atoms with van der Waals surface area (Å²) in [6.45, 7) is 2.20. The van der Waals surface area contributed by atoms with E-state index in [1.54, 1.807) is 10.6 Å². The standard InChI is InChI=1S/C14H13N3O3/c1-2-13-15-12(16-20-13)8-17-10-6-4-3-5-9(10)7-11(17)14(18)19/h3-7H,2,8H2,1H3,(H,18,19). The van der Waals surface area contributed by atoms with E-state index < -0.39 is 5.97 Å². The lowest BCUT2D eigenvalue weighted by molar-refractivity contribution is 0.0686. The number of carboxylic acids is 1. The normalized spacial score (nSPS) is 11.1. The molecule has 2 heterocycles. The zero-order valence-corrected chi connectivity index (χ0v) is 10.9. The summed E-state index contributed by atoms with van der Waals surface area (Å²) in [4.78, 5) is 15.6. The van der Waals surface area contributed by atoms with Crippen molar-refractivity contribution in [2.45, 2.75) is 19.9 Å². The van der Waals surface area contributed by atoms with Crippen LogP contribution >= 0.6 is 0 Å². The van der Waals surface area contributed by atoms with Gasteiger partial charge in [0.1, 0.15) is 5.69 Å². The molecule has 1 aromatic carbocycles. The van der Waals surface area contributed by atoms with Crippen molar-refractivity contribution in [1.29, 1.82) is 0 Å². The Labute approximate surface area is 114 Å². The summed E-state index contributed by atoms with van der Waals surface area (Å²) in [5, 5.41) is 14.1. The molecule has 20 heavy (non-hydrogen) atoms. The van der Waals surface area contributed by atoms with Crippen molar-refractivity contribution in [3.8, 4) is 0 Å². The summed E-state index contributed by atoms with van der Waals surface area (Å²) >= 11 is 0. The fraction of sp³-hybridized carbons (Fsp3) is 0.214. The predicted molar refractivity (Wildman–Crippen MR) is 71.7 cm³/mol. The number of aromatic nitrogens is 3. The largest absolute Gasteiger partial charge is 0.477 e. The van der Waals surface area contributed by atoms with Crippen molar-refractivity contribution >= 4 is 16.9 Å². The number of hydrogen-bond acceptors (Lipinski definition) is 4. The summed E-state index contributed by atoms with van der Waals surface area (Å²) in [7, 11) is 0. The zero-order valence-electron chi connectivity index (χ0n) is 10.9. The molecule has 6 nitrogen and oxygen atoms in total. The molecule has 1 N–H and O–H groups in total. The van der Waals surface area contributed by atoms with Crippen molar-refractivity contribution < 1.29 is 14.4 Å². The quantitative estimate of drug-likeness (QED) is 0.787. The first-order chi connectivity index (χ1) is 9.69. The van der Waals surface area contributed by atoms with E-state index in [1.165, 1.54) is 0 Å². The van der Waals surface area contributed by atoms with E-state index in [2.05, 4.69) is 10.1 Å². The highest BCUT2D eigenvalue weighted by molar-refractivity contribution is 5.94. The van der Waals surface area contributed by atoms with Gasteiger partial charge < -0.3 is 14.2 Å². The maximum Gasteiger partial charge on any atom is 0.352 e. The number of benzene rings is 1. The molecule has 0 aliphatic rings. The summed E-state index contributed by atoms with van der Waals surface area (Å²) < 4.78 is 6.74. The molecule has 6 heteroatoms. The van der Waals surface area contributed by atoms with Crippen LogP contribution < -0.4 is 0 Å². The van der Waals surface area contributed by atoms with Gasteiger partial charge in [0.05, 0.1) is 6.54 Å². The van der Waals surface area contributed by atoms with Crippen molar-refractivity contribution in [2.75, 3.05) is 0 Å². The van der Waals surface area contributed by atoms with Gasteiger partial charge in [-0.3, -0.25) is 0 Å². The lowest BCUT2D eigenvalue weighted by atomic mass is 10.2. The number of aromatic carboxylic acids is 1. The summed E-state index contributed by atoms with van der Waals surface area (Å²) in [6.07, 6.45) is 0.658. The Hall–Kier alpha value is -2.63. The fourth-order valence-corrected chi connectivity index (χ4v) is 2.20. The van der Waals surface area contributed by atoms with Crippen LogP contribution in [0.3, 0.4) is 0 Å². The van der Waals surface area contributed by atoms with Gasteiger partial charge in [0.2, 0.25) is 5.89 Å². The summed E-state index contributed by atoms with van der Waals surface area (Å²) in [6, 6.07) is 9.16. The van der Waals surface area contributed by atoms with Crippen LogP contribution in [0.5, 0.6) is 0 Å². The molecule has 3 aromatic rings. The fourth-order valence-electron chi connectivity index (χ4n) is 2.20. The molecule has 0 spiro atoms. The van der Waals surface area contributed by atoms with Gasteiger partial charge in [-0.25, -0.2) is 4.79 Å². The topological polar surface area (TPSA) is 81.2 Å². The predicted octanol–water partition coefficient (Wildman–Crippen LogP) is 2.33. The van der Waals surface area contributed by atoms with E-state index >= 15 is 0 Å². The molecule has 0 bridgehead atoms. The molecular weight excluding hydrogens is 258 g/mol. The Balaban J connectivity index is 2.08. The second-order valence-electron chi connectivity index (χ2n) is 4.44. The number of nitrogens with zero attached hydrogens (tertiary/aromatic N) is 3. The second-order valence-corrected chi connectivity index (χ2v) is 4.44. The molecule has 0 aliphatic heterocycles. The first-order valence-corrected chi connectivity index (χ1v) is 6.32. The van der Waals surface area contributed by atoms with Crippen LogP contribution in [0.2, 0.25) is 0 Å². The Morgan fingerprint density at radius 2 is 2.20 bits per heavy atom. The number of fused-ring (bicyclic) bond motifs is 1. The lowest BCUT2D eigenvalue weighted by Crippen LogP contribution is -2.10. The van der Waals surface area contributed by atoms with Crippen molar-refractivity contribution in [1.82, 2.24) is 14.7 Å².